The Morgan fingerprint density at radius 1 is 1.10 bits per heavy atom. The minimum Gasteiger partial charge on any atom is -0.334 e. The van der Waals surface area contributed by atoms with Crippen molar-refractivity contribution in [2.45, 2.75) is 32.7 Å². The van der Waals surface area contributed by atoms with E-state index in [0.29, 0.717) is 12.1 Å². The van der Waals surface area contributed by atoms with E-state index in [1.54, 1.807) is 10.9 Å². The van der Waals surface area contributed by atoms with E-state index in [2.05, 4.69) is 33.0 Å². The summed E-state index contributed by atoms with van der Waals surface area (Å²) < 4.78 is 3.91. The van der Waals surface area contributed by atoms with Gasteiger partial charge in [0.25, 0.3) is 0 Å². The third kappa shape index (κ3) is 3.81. The number of hydrogen-bond donors (Lipinski definition) is 0. The molecule has 0 bridgehead atoms. The number of rotatable bonds is 5. The van der Waals surface area contributed by atoms with Gasteiger partial charge in [-0.1, -0.05) is 36.4 Å². The van der Waals surface area contributed by atoms with Gasteiger partial charge in [-0.25, -0.2) is 4.98 Å². The van der Waals surface area contributed by atoms with Crippen molar-refractivity contribution in [3.8, 4) is 22.5 Å². The molecule has 0 fully saturated rings. The maximum atomic E-state index is 13.3. The molecule has 0 radical (unpaired) electrons. The molecule has 4 aromatic rings. The van der Waals surface area contributed by atoms with Crippen molar-refractivity contribution in [1.82, 2.24) is 24.3 Å². The molecule has 1 atom stereocenters. The summed E-state index contributed by atoms with van der Waals surface area (Å²) in [7, 11) is 1.82. The summed E-state index contributed by atoms with van der Waals surface area (Å²) in [5.74, 6) is 1.46. The zero-order valence-corrected chi connectivity index (χ0v) is 17.8. The van der Waals surface area contributed by atoms with Crippen LogP contribution >= 0.6 is 0 Å². The van der Waals surface area contributed by atoms with Crippen LogP contribution in [0.5, 0.6) is 0 Å². The minimum atomic E-state index is 0.116. The molecule has 0 saturated heterocycles. The van der Waals surface area contributed by atoms with Crippen LogP contribution in [-0.4, -0.2) is 30.1 Å². The standard InChI is InChI=1S/C25H25N5O/c1-17-8-9-21(26-14-17)20-15-27-29(2)25(20)23(31)12-18-10-11-30-16-22(28-24(30)13-18)19-6-4-3-5-7-19/h3-9,14-16,18H,10-13H2,1-2H3. The first kappa shape index (κ1) is 19.4. The van der Waals surface area contributed by atoms with Crippen LogP contribution in [0.2, 0.25) is 0 Å². The molecule has 1 aliphatic rings. The van der Waals surface area contributed by atoms with E-state index in [-0.39, 0.29) is 11.7 Å². The maximum absolute atomic E-state index is 13.3. The second-order valence-corrected chi connectivity index (χ2v) is 8.34. The third-order valence-electron chi connectivity index (χ3n) is 6.04. The molecular formula is C25H25N5O. The molecule has 1 aromatic carbocycles. The van der Waals surface area contributed by atoms with E-state index in [1.807, 2.05) is 50.5 Å². The van der Waals surface area contributed by atoms with E-state index in [4.69, 9.17) is 4.98 Å². The number of carbonyl (C=O) groups excluding carboxylic acids is 1. The maximum Gasteiger partial charge on any atom is 0.181 e. The molecule has 6 nitrogen and oxygen atoms in total. The number of aromatic nitrogens is 5. The van der Waals surface area contributed by atoms with Crippen LogP contribution in [0.4, 0.5) is 0 Å². The van der Waals surface area contributed by atoms with E-state index in [9.17, 15) is 4.79 Å². The Hall–Kier alpha value is -3.54. The topological polar surface area (TPSA) is 65.6 Å². The number of aryl methyl sites for hydroxylation is 3. The monoisotopic (exact) mass is 411 g/mol. The molecule has 0 spiro atoms. The predicted octanol–water partition coefficient (Wildman–Crippen LogP) is 4.49. The van der Waals surface area contributed by atoms with Crippen molar-refractivity contribution in [1.29, 1.82) is 0 Å². The first-order valence-electron chi connectivity index (χ1n) is 10.7. The summed E-state index contributed by atoms with van der Waals surface area (Å²) in [6.07, 6.45) is 7.97. The first-order valence-corrected chi connectivity index (χ1v) is 10.7. The Morgan fingerprint density at radius 2 is 1.94 bits per heavy atom. The molecule has 31 heavy (non-hydrogen) atoms. The second-order valence-electron chi connectivity index (χ2n) is 8.34. The SMILES string of the molecule is Cc1ccc(-c2cnn(C)c2C(=O)CC2CCn3cc(-c4ccccc4)nc3C2)nc1. The van der Waals surface area contributed by atoms with Gasteiger partial charge in [-0.05, 0) is 30.9 Å². The lowest BCUT2D eigenvalue weighted by Crippen LogP contribution is -2.22. The summed E-state index contributed by atoms with van der Waals surface area (Å²) >= 11 is 0. The van der Waals surface area contributed by atoms with Crippen molar-refractivity contribution < 1.29 is 4.79 Å². The zero-order valence-electron chi connectivity index (χ0n) is 17.8. The summed E-state index contributed by atoms with van der Waals surface area (Å²) in [6, 6.07) is 14.2. The minimum absolute atomic E-state index is 0.116. The molecule has 0 aliphatic carbocycles. The van der Waals surface area contributed by atoms with Gasteiger partial charge in [-0.15, -0.1) is 0 Å². The lowest BCUT2D eigenvalue weighted by atomic mass is 9.90. The van der Waals surface area contributed by atoms with E-state index < -0.39 is 0 Å². The van der Waals surface area contributed by atoms with E-state index in [0.717, 1.165) is 53.3 Å². The van der Waals surface area contributed by atoms with E-state index >= 15 is 0 Å². The van der Waals surface area contributed by atoms with Gasteiger partial charge in [-0.3, -0.25) is 14.5 Å². The Balaban J connectivity index is 1.34. The molecule has 156 valence electrons. The Kier molecular flexibility index (Phi) is 4.98. The predicted molar refractivity (Wildman–Crippen MR) is 120 cm³/mol. The van der Waals surface area contributed by atoms with Gasteiger partial charge in [0.1, 0.15) is 11.5 Å². The van der Waals surface area contributed by atoms with Gasteiger partial charge in [0.2, 0.25) is 0 Å². The third-order valence-corrected chi connectivity index (χ3v) is 6.04. The molecule has 3 aromatic heterocycles. The van der Waals surface area contributed by atoms with Crippen molar-refractivity contribution in [2.24, 2.45) is 13.0 Å². The first-order chi connectivity index (χ1) is 15.1. The quantitative estimate of drug-likeness (QED) is 0.454. The zero-order chi connectivity index (χ0) is 21.4. The fourth-order valence-corrected chi connectivity index (χ4v) is 4.36. The number of ketones is 1. The van der Waals surface area contributed by atoms with Gasteiger partial charge in [0.05, 0.1) is 17.6 Å². The van der Waals surface area contributed by atoms with Crippen molar-refractivity contribution in [2.75, 3.05) is 0 Å². The van der Waals surface area contributed by atoms with Crippen LogP contribution in [-0.2, 0) is 20.0 Å². The molecule has 5 rings (SSSR count). The van der Waals surface area contributed by atoms with Crippen LogP contribution in [0, 0.1) is 12.8 Å². The average Bonchev–Trinajstić information content (AvgIpc) is 3.38. The number of fused-ring (bicyclic) bond motifs is 1. The lowest BCUT2D eigenvalue weighted by Gasteiger charge is -2.22. The van der Waals surface area contributed by atoms with Crippen LogP contribution in [0.3, 0.4) is 0 Å². The summed E-state index contributed by atoms with van der Waals surface area (Å²) in [4.78, 5) is 22.6. The molecular weight excluding hydrogens is 386 g/mol. The average molecular weight is 412 g/mol. The van der Waals surface area contributed by atoms with Crippen LogP contribution in [0.15, 0.2) is 61.1 Å². The largest absolute Gasteiger partial charge is 0.334 e. The highest BCUT2D eigenvalue weighted by Crippen LogP contribution is 2.29. The van der Waals surface area contributed by atoms with Crippen LogP contribution in [0.25, 0.3) is 22.5 Å². The molecule has 0 amide bonds. The van der Waals surface area contributed by atoms with Crippen molar-refractivity contribution in [3.63, 3.8) is 0 Å². The Labute approximate surface area is 181 Å². The van der Waals surface area contributed by atoms with Crippen LogP contribution in [0.1, 0.15) is 34.7 Å². The number of hydrogen-bond acceptors (Lipinski definition) is 4. The summed E-state index contributed by atoms with van der Waals surface area (Å²) in [6.45, 7) is 2.90. The smallest absolute Gasteiger partial charge is 0.181 e. The highest BCUT2D eigenvalue weighted by atomic mass is 16.1. The van der Waals surface area contributed by atoms with Gasteiger partial charge < -0.3 is 4.57 Å². The summed E-state index contributed by atoms with van der Waals surface area (Å²) in [5, 5.41) is 4.34. The highest BCUT2D eigenvalue weighted by molar-refractivity contribution is 6.00. The molecule has 4 heterocycles. The number of benzene rings is 1. The Bertz CT molecular complexity index is 1220. The van der Waals surface area contributed by atoms with Crippen LogP contribution < -0.4 is 0 Å². The Morgan fingerprint density at radius 3 is 2.71 bits per heavy atom. The number of carbonyl (C=O) groups is 1. The molecule has 1 aliphatic heterocycles. The van der Waals surface area contributed by atoms with Gasteiger partial charge in [0, 0.05) is 50.0 Å². The molecule has 0 N–H and O–H groups in total. The molecule has 1 unspecified atom stereocenters. The van der Waals surface area contributed by atoms with Crippen molar-refractivity contribution in [3.05, 3.63) is 78.1 Å². The number of nitrogens with zero attached hydrogens (tertiary/aromatic N) is 5. The number of imidazole rings is 1. The van der Waals surface area contributed by atoms with Gasteiger partial charge in [-0.2, -0.15) is 5.10 Å². The second kappa shape index (κ2) is 7.95. The van der Waals surface area contributed by atoms with Crippen molar-refractivity contribution >= 4 is 5.78 Å². The van der Waals surface area contributed by atoms with E-state index in [1.165, 1.54) is 0 Å². The number of Topliss-reactive ketones (excluding diaryl/α,β-unsaturated/α-hetero) is 1. The molecule has 0 saturated carbocycles. The molecule has 6 heteroatoms. The lowest BCUT2D eigenvalue weighted by molar-refractivity contribution is 0.0945. The highest BCUT2D eigenvalue weighted by Gasteiger charge is 2.26. The normalized spacial score (nSPS) is 15.6. The fraction of sp³-hybridized carbons (Fsp3) is 0.280. The summed E-state index contributed by atoms with van der Waals surface area (Å²) in [5.41, 5.74) is 5.44. The number of pyridine rings is 1. The van der Waals surface area contributed by atoms with Gasteiger partial charge >= 0.3 is 0 Å². The van der Waals surface area contributed by atoms with Gasteiger partial charge in [0.15, 0.2) is 5.78 Å². The fourth-order valence-electron chi connectivity index (χ4n) is 4.36.